The predicted molar refractivity (Wildman–Crippen MR) is 63.0 cm³/mol. The Morgan fingerprint density at radius 3 is 2.62 bits per heavy atom. The predicted octanol–water partition coefficient (Wildman–Crippen LogP) is 2.66. The number of hydrogen-bond acceptors (Lipinski definition) is 2. The minimum Gasteiger partial charge on any atom is -0.303 e. The Morgan fingerprint density at radius 2 is 2.06 bits per heavy atom. The third-order valence-electron chi connectivity index (χ3n) is 2.30. The largest absolute Gasteiger partial charge is 0.303 e. The van der Waals surface area contributed by atoms with Crippen LogP contribution in [0.25, 0.3) is 5.69 Å². The SMILES string of the molecule is O=CCCc1ccc(-n2cc(Cl)cn2)cc1. The molecule has 0 atom stereocenters. The van der Waals surface area contributed by atoms with E-state index < -0.39 is 0 Å². The van der Waals surface area contributed by atoms with Crippen molar-refractivity contribution in [3.63, 3.8) is 0 Å². The maximum Gasteiger partial charge on any atom is 0.120 e. The average Bonchev–Trinajstić information content (AvgIpc) is 2.74. The molecule has 1 aromatic heterocycles. The van der Waals surface area contributed by atoms with E-state index in [9.17, 15) is 4.79 Å². The molecule has 4 heteroatoms. The van der Waals surface area contributed by atoms with Crippen molar-refractivity contribution in [2.45, 2.75) is 12.8 Å². The number of hydrogen-bond donors (Lipinski definition) is 0. The van der Waals surface area contributed by atoms with Gasteiger partial charge in [0, 0.05) is 12.6 Å². The first-order valence-electron chi connectivity index (χ1n) is 5.03. The quantitative estimate of drug-likeness (QED) is 0.763. The van der Waals surface area contributed by atoms with Crippen LogP contribution in [0.15, 0.2) is 36.7 Å². The van der Waals surface area contributed by atoms with Crippen molar-refractivity contribution in [2.24, 2.45) is 0 Å². The highest BCUT2D eigenvalue weighted by Crippen LogP contribution is 2.13. The summed E-state index contributed by atoms with van der Waals surface area (Å²) in [7, 11) is 0. The van der Waals surface area contributed by atoms with Gasteiger partial charge in [0.05, 0.1) is 16.9 Å². The summed E-state index contributed by atoms with van der Waals surface area (Å²) in [5, 5.41) is 4.72. The van der Waals surface area contributed by atoms with Crippen molar-refractivity contribution in [2.75, 3.05) is 0 Å². The lowest BCUT2D eigenvalue weighted by atomic mass is 10.1. The summed E-state index contributed by atoms with van der Waals surface area (Å²) in [5.41, 5.74) is 2.11. The Kier molecular flexibility index (Phi) is 3.37. The van der Waals surface area contributed by atoms with Crippen LogP contribution in [0, 0.1) is 0 Å². The molecule has 0 amide bonds. The lowest BCUT2D eigenvalue weighted by Crippen LogP contribution is -1.94. The minimum absolute atomic E-state index is 0.562. The molecule has 0 unspecified atom stereocenters. The van der Waals surface area contributed by atoms with Crippen LogP contribution in [0.4, 0.5) is 0 Å². The summed E-state index contributed by atoms with van der Waals surface area (Å²) in [5.74, 6) is 0. The number of aromatic nitrogens is 2. The van der Waals surface area contributed by atoms with Gasteiger partial charge in [-0.3, -0.25) is 0 Å². The molecule has 0 spiro atoms. The van der Waals surface area contributed by atoms with Crippen LogP contribution in [-0.2, 0) is 11.2 Å². The highest BCUT2D eigenvalue weighted by atomic mass is 35.5. The molecule has 0 aliphatic heterocycles. The zero-order valence-corrected chi connectivity index (χ0v) is 9.39. The van der Waals surface area contributed by atoms with E-state index in [4.69, 9.17) is 11.6 Å². The molecule has 82 valence electrons. The fourth-order valence-electron chi connectivity index (χ4n) is 1.48. The van der Waals surface area contributed by atoms with Crippen LogP contribution in [0.1, 0.15) is 12.0 Å². The van der Waals surface area contributed by atoms with Crippen molar-refractivity contribution < 1.29 is 4.79 Å². The molecule has 16 heavy (non-hydrogen) atoms. The molecular weight excluding hydrogens is 224 g/mol. The van der Waals surface area contributed by atoms with Crippen molar-refractivity contribution in [1.82, 2.24) is 9.78 Å². The van der Waals surface area contributed by atoms with Gasteiger partial charge in [0.2, 0.25) is 0 Å². The molecule has 0 aliphatic rings. The molecule has 1 heterocycles. The number of halogens is 1. The fourth-order valence-corrected chi connectivity index (χ4v) is 1.62. The number of rotatable bonds is 4. The Hall–Kier alpha value is -1.61. The normalized spacial score (nSPS) is 10.3. The van der Waals surface area contributed by atoms with Crippen LogP contribution >= 0.6 is 11.6 Å². The van der Waals surface area contributed by atoms with Crippen molar-refractivity contribution in [3.8, 4) is 5.69 Å². The van der Waals surface area contributed by atoms with Gasteiger partial charge in [-0.1, -0.05) is 23.7 Å². The number of carbonyl (C=O) groups excluding carboxylic acids is 1. The number of benzene rings is 1. The van der Waals surface area contributed by atoms with Crippen LogP contribution in [0.5, 0.6) is 0 Å². The molecule has 0 saturated heterocycles. The molecule has 0 radical (unpaired) electrons. The van der Waals surface area contributed by atoms with Gasteiger partial charge in [-0.25, -0.2) is 4.68 Å². The van der Waals surface area contributed by atoms with E-state index >= 15 is 0 Å². The molecule has 2 rings (SSSR count). The first-order valence-corrected chi connectivity index (χ1v) is 5.40. The second-order valence-corrected chi connectivity index (χ2v) is 3.91. The van der Waals surface area contributed by atoms with Gasteiger partial charge in [-0.05, 0) is 24.1 Å². The van der Waals surface area contributed by atoms with Crippen LogP contribution in [0.2, 0.25) is 5.02 Å². The van der Waals surface area contributed by atoms with Gasteiger partial charge < -0.3 is 4.79 Å². The van der Waals surface area contributed by atoms with Gasteiger partial charge in [0.15, 0.2) is 0 Å². The van der Waals surface area contributed by atoms with E-state index in [1.165, 1.54) is 0 Å². The van der Waals surface area contributed by atoms with E-state index in [0.717, 1.165) is 24.0 Å². The second kappa shape index (κ2) is 4.94. The highest BCUT2D eigenvalue weighted by Gasteiger charge is 1.99. The molecule has 0 bridgehead atoms. The van der Waals surface area contributed by atoms with Gasteiger partial charge in [0.25, 0.3) is 0 Å². The lowest BCUT2D eigenvalue weighted by molar-refractivity contribution is -0.107. The molecule has 0 saturated carbocycles. The topological polar surface area (TPSA) is 34.9 Å². The van der Waals surface area contributed by atoms with Crippen LogP contribution < -0.4 is 0 Å². The van der Waals surface area contributed by atoms with E-state index in [0.29, 0.717) is 11.4 Å². The van der Waals surface area contributed by atoms with Crippen molar-refractivity contribution in [3.05, 3.63) is 47.2 Å². The van der Waals surface area contributed by atoms with E-state index in [-0.39, 0.29) is 0 Å². The van der Waals surface area contributed by atoms with Gasteiger partial charge in [-0.2, -0.15) is 5.10 Å². The zero-order valence-electron chi connectivity index (χ0n) is 8.64. The summed E-state index contributed by atoms with van der Waals surface area (Å²) in [4.78, 5) is 10.2. The number of carbonyl (C=O) groups is 1. The Labute approximate surface area is 98.7 Å². The van der Waals surface area contributed by atoms with E-state index in [2.05, 4.69) is 5.10 Å². The van der Waals surface area contributed by atoms with E-state index in [1.807, 2.05) is 24.3 Å². The van der Waals surface area contributed by atoms with Crippen LogP contribution in [-0.4, -0.2) is 16.1 Å². The summed E-state index contributed by atoms with van der Waals surface area (Å²) in [6, 6.07) is 7.91. The Bertz CT molecular complexity index is 476. The Balaban J connectivity index is 2.15. The van der Waals surface area contributed by atoms with Gasteiger partial charge >= 0.3 is 0 Å². The third kappa shape index (κ3) is 2.49. The summed E-state index contributed by atoms with van der Waals surface area (Å²) in [6.45, 7) is 0. The molecule has 3 nitrogen and oxygen atoms in total. The summed E-state index contributed by atoms with van der Waals surface area (Å²) in [6.07, 6.45) is 5.63. The number of aryl methyl sites for hydroxylation is 1. The summed E-state index contributed by atoms with van der Waals surface area (Å²) < 4.78 is 1.71. The number of nitrogens with zero attached hydrogens (tertiary/aromatic N) is 2. The zero-order chi connectivity index (χ0) is 11.4. The third-order valence-corrected chi connectivity index (χ3v) is 2.50. The van der Waals surface area contributed by atoms with E-state index in [1.54, 1.807) is 17.1 Å². The molecule has 0 aliphatic carbocycles. The maximum atomic E-state index is 10.2. The van der Waals surface area contributed by atoms with Gasteiger partial charge in [0.1, 0.15) is 6.29 Å². The van der Waals surface area contributed by atoms with Crippen molar-refractivity contribution in [1.29, 1.82) is 0 Å². The molecule has 0 fully saturated rings. The van der Waals surface area contributed by atoms with Crippen molar-refractivity contribution >= 4 is 17.9 Å². The molecule has 2 aromatic rings. The second-order valence-electron chi connectivity index (χ2n) is 3.47. The van der Waals surface area contributed by atoms with Crippen LogP contribution in [0.3, 0.4) is 0 Å². The smallest absolute Gasteiger partial charge is 0.120 e. The Morgan fingerprint density at radius 1 is 1.31 bits per heavy atom. The maximum absolute atomic E-state index is 10.2. The average molecular weight is 235 g/mol. The molecular formula is C12H11ClN2O. The molecule has 1 aromatic carbocycles. The first-order chi connectivity index (χ1) is 7.79. The fraction of sp³-hybridized carbons (Fsp3) is 0.167. The molecule has 0 N–H and O–H groups in total. The minimum atomic E-state index is 0.562. The standard InChI is InChI=1S/C12H11ClN2O/c13-11-8-14-15(9-11)12-5-3-10(4-6-12)2-1-7-16/h3-9H,1-2H2. The highest BCUT2D eigenvalue weighted by molar-refractivity contribution is 6.30. The summed E-state index contributed by atoms with van der Waals surface area (Å²) >= 11 is 5.79. The monoisotopic (exact) mass is 234 g/mol. The first kappa shape index (κ1) is 10.9. The number of aldehydes is 1. The van der Waals surface area contributed by atoms with Gasteiger partial charge in [-0.15, -0.1) is 0 Å². The lowest BCUT2D eigenvalue weighted by Gasteiger charge is -2.02.